The molecule has 1 heterocycles. The molecule has 5 nitrogen and oxygen atoms in total. The second kappa shape index (κ2) is 7.97. The first-order valence-electron chi connectivity index (χ1n) is 8.70. The summed E-state index contributed by atoms with van der Waals surface area (Å²) >= 11 is 0. The Kier molecular flexibility index (Phi) is 5.49. The number of carbonyl (C=O) groups excluding carboxylic acids is 1. The Balaban J connectivity index is 1.58. The fraction of sp³-hybridized carbons (Fsp3) is 0.238. The summed E-state index contributed by atoms with van der Waals surface area (Å²) in [5.74, 6) is 1.35. The molecule has 0 radical (unpaired) electrons. The van der Waals surface area contributed by atoms with Crippen molar-refractivity contribution in [1.82, 2.24) is 4.98 Å². The zero-order valence-corrected chi connectivity index (χ0v) is 15.4. The number of likely N-dealkylation sites (N-methyl/N-ethyl adjacent to an activating group) is 1. The van der Waals surface area contributed by atoms with Gasteiger partial charge in [-0.3, -0.25) is 4.79 Å². The quantitative estimate of drug-likeness (QED) is 0.718. The van der Waals surface area contributed by atoms with Crippen molar-refractivity contribution >= 4 is 11.6 Å². The minimum atomic E-state index is -0.0188. The van der Waals surface area contributed by atoms with Crippen molar-refractivity contribution in [2.24, 2.45) is 0 Å². The monoisotopic (exact) mass is 350 g/mol. The van der Waals surface area contributed by atoms with E-state index >= 15 is 0 Å². The van der Waals surface area contributed by atoms with Crippen molar-refractivity contribution in [3.8, 4) is 11.3 Å². The van der Waals surface area contributed by atoms with Gasteiger partial charge in [-0.25, -0.2) is 4.98 Å². The molecule has 0 bridgehead atoms. The number of rotatable bonds is 6. The summed E-state index contributed by atoms with van der Waals surface area (Å²) in [4.78, 5) is 17.7. The van der Waals surface area contributed by atoms with Crippen LogP contribution in [-0.4, -0.2) is 24.5 Å². The lowest BCUT2D eigenvalue weighted by Crippen LogP contribution is -3.08. The molecule has 5 heteroatoms. The van der Waals surface area contributed by atoms with Crippen LogP contribution in [0.15, 0.2) is 59.1 Å². The van der Waals surface area contributed by atoms with Crippen molar-refractivity contribution in [3.63, 3.8) is 0 Å². The molecule has 1 aromatic heterocycles. The lowest BCUT2D eigenvalue weighted by atomic mass is 10.1. The van der Waals surface area contributed by atoms with Gasteiger partial charge >= 0.3 is 0 Å². The highest BCUT2D eigenvalue weighted by Gasteiger charge is 2.16. The molecule has 1 unspecified atom stereocenters. The normalized spacial score (nSPS) is 12.0. The molecular formula is C21H24N3O2+. The van der Waals surface area contributed by atoms with Crippen LogP contribution in [0.5, 0.6) is 0 Å². The van der Waals surface area contributed by atoms with Crippen molar-refractivity contribution in [1.29, 1.82) is 0 Å². The maximum Gasteiger partial charge on any atom is 0.279 e. The van der Waals surface area contributed by atoms with Gasteiger partial charge in [0.2, 0.25) is 0 Å². The SMILES string of the molecule is Cc1cccc(C)c1NC(=O)C[NH+](C)Cc1ncc(-c2ccccc2)o1. The van der Waals surface area contributed by atoms with E-state index in [0.717, 1.165) is 33.0 Å². The minimum absolute atomic E-state index is 0.0188. The summed E-state index contributed by atoms with van der Waals surface area (Å²) in [7, 11) is 1.96. The van der Waals surface area contributed by atoms with E-state index in [1.54, 1.807) is 6.20 Å². The molecule has 0 saturated heterocycles. The van der Waals surface area contributed by atoms with E-state index in [1.165, 1.54) is 0 Å². The van der Waals surface area contributed by atoms with Crippen LogP contribution in [-0.2, 0) is 11.3 Å². The van der Waals surface area contributed by atoms with E-state index < -0.39 is 0 Å². The Labute approximate surface area is 153 Å². The lowest BCUT2D eigenvalue weighted by molar-refractivity contribution is -0.886. The van der Waals surface area contributed by atoms with Crippen LogP contribution in [0.3, 0.4) is 0 Å². The molecule has 0 saturated carbocycles. The topological polar surface area (TPSA) is 59.6 Å². The first-order chi connectivity index (χ1) is 12.5. The molecule has 1 atom stereocenters. The average Bonchev–Trinajstić information content (AvgIpc) is 3.07. The third-order valence-electron chi connectivity index (χ3n) is 4.27. The first-order valence-corrected chi connectivity index (χ1v) is 8.70. The number of para-hydroxylation sites is 1. The van der Waals surface area contributed by atoms with E-state index in [9.17, 15) is 4.79 Å². The predicted molar refractivity (Wildman–Crippen MR) is 102 cm³/mol. The zero-order valence-electron chi connectivity index (χ0n) is 15.4. The fourth-order valence-electron chi connectivity index (χ4n) is 2.92. The maximum atomic E-state index is 12.4. The smallest absolute Gasteiger partial charge is 0.279 e. The van der Waals surface area contributed by atoms with Gasteiger partial charge in [0.25, 0.3) is 11.8 Å². The van der Waals surface area contributed by atoms with Gasteiger partial charge in [-0.15, -0.1) is 0 Å². The molecule has 134 valence electrons. The Morgan fingerprint density at radius 3 is 2.46 bits per heavy atom. The van der Waals surface area contributed by atoms with E-state index in [0.29, 0.717) is 19.0 Å². The van der Waals surface area contributed by atoms with Gasteiger partial charge in [-0.1, -0.05) is 48.5 Å². The second-order valence-corrected chi connectivity index (χ2v) is 6.61. The molecule has 0 aliphatic carbocycles. The van der Waals surface area contributed by atoms with Crippen LogP contribution in [0.2, 0.25) is 0 Å². The number of hydrogen-bond acceptors (Lipinski definition) is 3. The number of carbonyl (C=O) groups is 1. The second-order valence-electron chi connectivity index (χ2n) is 6.61. The number of quaternary nitrogens is 1. The molecule has 0 aliphatic heterocycles. The molecule has 2 N–H and O–H groups in total. The van der Waals surface area contributed by atoms with Gasteiger partial charge in [0.1, 0.15) is 0 Å². The molecule has 3 rings (SSSR count). The molecule has 26 heavy (non-hydrogen) atoms. The number of oxazole rings is 1. The molecular weight excluding hydrogens is 326 g/mol. The minimum Gasteiger partial charge on any atom is -0.435 e. The van der Waals surface area contributed by atoms with Gasteiger partial charge in [-0.2, -0.15) is 0 Å². The van der Waals surface area contributed by atoms with E-state index in [2.05, 4.69) is 10.3 Å². The molecule has 0 spiro atoms. The summed E-state index contributed by atoms with van der Waals surface area (Å²) in [6.45, 7) is 4.89. The zero-order chi connectivity index (χ0) is 18.5. The van der Waals surface area contributed by atoms with Crippen LogP contribution in [0.4, 0.5) is 5.69 Å². The van der Waals surface area contributed by atoms with Gasteiger partial charge in [0, 0.05) is 11.3 Å². The Morgan fingerprint density at radius 1 is 1.08 bits per heavy atom. The number of nitrogens with one attached hydrogen (secondary N) is 2. The van der Waals surface area contributed by atoms with Gasteiger partial charge in [0.15, 0.2) is 18.8 Å². The van der Waals surface area contributed by atoms with Gasteiger partial charge in [0.05, 0.1) is 13.2 Å². The number of aromatic nitrogens is 1. The van der Waals surface area contributed by atoms with Crippen LogP contribution >= 0.6 is 0 Å². The molecule has 3 aromatic rings. The average molecular weight is 350 g/mol. The summed E-state index contributed by atoms with van der Waals surface area (Å²) < 4.78 is 5.81. The molecule has 1 amide bonds. The summed E-state index contributed by atoms with van der Waals surface area (Å²) in [5, 5.41) is 3.02. The predicted octanol–water partition coefficient (Wildman–Crippen LogP) is 2.61. The third-order valence-corrected chi connectivity index (χ3v) is 4.27. The summed E-state index contributed by atoms with van der Waals surface area (Å²) in [6, 6.07) is 15.9. The number of hydrogen-bond donors (Lipinski definition) is 2. The standard InChI is InChI=1S/C21H23N3O2/c1-15-8-7-9-16(2)21(15)23-19(25)13-24(3)14-20-22-12-18(26-20)17-10-5-4-6-11-17/h4-12H,13-14H2,1-3H3,(H,23,25)/p+1. The highest BCUT2D eigenvalue weighted by atomic mass is 16.4. The number of aryl methyl sites for hydroxylation is 2. The maximum absolute atomic E-state index is 12.4. The van der Waals surface area contributed by atoms with Crippen LogP contribution in [0, 0.1) is 13.8 Å². The Morgan fingerprint density at radius 2 is 1.77 bits per heavy atom. The van der Waals surface area contributed by atoms with E-state index in [-0.39, 0.29) is 5.91 Å². The number of anilines is 1. The number of amides is 1. The van der Waals surface area contributed by atoms with Crippen molar-refractivity contribution < 1.29 is 14.1 Å². The van der Waals surface area contributed by atoms with E-state index in [4.69, 9.17) is 4.42 Å². The van der Waals surface area contributed by atoms with Crippen molar-refractivity contribution in [3.05, 3.63) is 71.7 Å². The number of benzene rings is 2. The summed E-state index contributed by atoms with van der Waals surface area (Å²) in [6.07, 6.45) is 1.73. The molecule has 0 fully saturated rings. The lowest BCUT2D eigenvalue weighted by Gasteiger charge is -2.14. The Hall–Kier alpha value is -2.92. The van der Waals surface area contributed by atoms with Crippen LogP contribution in [0.25, 0.3) is 11.3 Å². The van der Waals surface area contributed by atoms with Crippen LogP contribution < -0.4 is 10.2 Å². The fourth-order valence-corrected chi connectivity index (χ4v) is 2.92. The third kappa shape index (κ3) is 4.37. The highest BCUT2D eigenvalue weighted by Crippen LogP contribution is 2.20. The number of nitrogens with zero attached hydrogens (tertiary/aromatic N) is 1. The highest BCUT2D eigenvalue weighted by molar-refractivity contribution is 5.93. The largest absolute Gasteiger partial charge is 0.435 e. The molecule has 0 aliphatic rings. The van der Waals surface area contributed by atoms with Gasteiger partial charge < -0.3 is 14.6 Å². The van der Waals surface area contributed by atoms with Crippen molar-refractivity contribution in [2.45, 2.75) is 20.4 Å². The first kappa shape index (κ1) is 17.9. The molecule has 2 aromatic carbocycles. The van der Waals surface area contributed by atoms with Gasteiger partial charge in [-0.05, 0) is 25.0 Å². The van der Waals surface area contributed by atoms with Crippen LogP contribution in [0.1, 0.15) is 17.0 Å². The Bertz CT molecular complexity index is 867. The summed E-state index contributed by atoms with van der Waals surface area (Å²) in [5.41, 5.74) is 4.02. The van der Waals surface area contributed by atoms with Crippen molar-refractivity contribution in [2.75, 3.05) is 18.9 Å². The van der Waals surface area contributed by atoms with E-state index in [1.807, 2.05) is 69.4 Å².